The summed E-state index contributed by atoms with van der Waals surface area (Å²) in [4.78, 5) is 25.2. The Morgan fingerprint density at radius 2 is 1.93 bits per heavy atom. The van der Waals surface area contributed by atoms with Gasteiger partial charge < -0.3 is 14.8 Å². The molecule has 7 nitrogen and oxygen atoms in total. The Morgan fingerprint density at radius 1 is 1.11 bits per heavy atom. The van der Waals surface area contributed by atoms with Crippen molar-refractivity contribution in [3.63, 3.8) is 0 Å². The van der Waals surface area contributed by atoms with Crippen molar-refractivity contribution in [2.45, 2.75) is 24.1 Å². The summed E-state index contributed by atoms with van der Waals surface area (Å²) in [5.41, 5.74) is 1.41. The number of carbonyl (C=O) groups is 1. The van der Waals surface area contributed by atoms with Crippen LogP contribution in [0.3, 0.4) is 0 Å². The molecule has 27 heavy (non-hydrogen) atoms. The first-order chi connectivity index (χ1) is 13.2. The number of amides is 1. The summed E-state index contributed by atoms with van der Waals surface area (Å²) in [7, 11) is 0. The highest BCUT2D eigenvalue weighted by atomic mass is 32.2. The van der Waals surface area contributed by atoms with Crippen LogP contribution in [0.25, 0.3) is 0 Å². The lowest BCUT2D eigenvalue weighted by molar-refractivity contribution is -0.113. The Hall–Kier alpha value is -2.00. The van der Waals surface area contributed by atoms with Gasteiger partial charge in [-0.05, 0) is 42.0 Å². The zero-order chi connectivity index (χ0) is 18.4. The van der Waals surface area contributed by atoms with E-state index < -0.39 is 0 Å². The minimum Gasteiger partial charge on any atom is -0.454 e. The summed E-state index contributed by atoms with van der Waals surface area (Å²) in [6, 6.07) is 5.93. The molecule has 0 spiro atoms. The molecule has 0 bridgehead atoms. The van der Waals surface area contributed by atoms with E-state index in [1.54, 1.807) is 0 Å². The van der Waals surface area contributed by atoms with Gasteiger partial charge in [0.2, 0.25) is 12.7 Å². The maximum Gasteiger partial charge on any atom is 0.270 e. The van der Waals surface area contributed by atoms with Crippen molar-refractivity contribution in [2.24, 2.45) is 0 Å². The summed E-state index contributed by atoms with van der Waals surface area (Å²) in [6.07, 6.45) is 1.97. The summed E-state index contributed by atoms with van der Waals surface area (Å²) in [5.74, 6) is 4.35. The minimum absolute atomic E-state index is 0.0811. The van der Waals surface area contributed by atoms with Crippen LogP contribution in [0.15, 0.2) is 23.0 Å². The van der Waals surface area contributed by atoms with Gasteiger partial charge in [-0.15, -0.1) is 11.8 Å². The quantitative estimate of drug-likeness (QED) is 0.799. The number of aromatic nitrogens is 2. The van der Waals surface area contributed by atoms with E-state index in [2.05, 4.69) is 10.4 Å². The van der Waals surface area contributed by atoms with Gasteiger partial charge in [0.05, 0.1) is 22.6 Å². The van der Waals surface area contributed by atoms with Gasteiger partial charge in [0, 0.05) is 0 Å². The number of hydrogen-bond acceptors (Lipinski definition) is 6. The molecular weight excluding hydrogens is 386 g/mol. The van der Waals surface area contributed by atoms with Gasteiger partial charge in [0.15, 0.2) is 11.5 Å². The van der Waals surface area contributed by atoms with Crippen LogP contribution in [-0.4, -0.2) is 39.7 Å². The molecule has 4 heterocycles. The minimum atomic E-state index is -0.239. The number of nitrogens with zero attached hydrogens (tertiary/aromatic N) is 1. The number of carbonyl (C=O) groups excluding carboxylic acids is 1. The van der Waals surface area contributed by atoms with Crippen LogP contribution in [-0.2, 0) is 4.79 Å². The smallest absolute Gasteiger partial charge is 0.270 e. The van der Waals surface area contributed by atoms with Crippen LogP contribution in [0, 0.1) is 0 Å². The lowest BCUT2D eigenvalue weighted by Gasteiger charge is -2.24. The lowest BCUT2D eigenvalue weighted by Crippen LogP contribution is -2.22. The van der Waals surface area contributed by atoms with Crippen LogP contribution < -0.4 is 20.3 Å². The molecule has 1 aromatic heterocycles. The van der Waals surface area contributed by atoms with E-state index in [4.69, 9.17) is 9.47 Å². The molecule has 3 aliphatic rings. The third-order valence-electron chi connectivity index (χ3n) is 5.12. The lowest BCUT2D eigenvalue weighted by atomic mass is 10.1. The van der Waals surface area contributed by atoms with E-state index in [9.17, 15) is 9.59 Å². The number of nitrogens with one attached hydrogen (secondary N) is 2. The largest absolute Gasteiger partial charge is 0.454 e. The highest BCUT2D eigenvalue weighted by Gasteiger charge is 2.33. The second kappa shape index (κ2) is 6.87. The van der Waals surface area contributed by atoms with Crippen LogP contribution in [0.5, 0.6) is 11.5 Å². The number of ether oxygens (including phenoxy) is 2. The predicted molar refractivity (Wildman–Crippen MR) is 106 cm³/mol. The molecule has 3 aliphatic heterocycles. The molecule has 0 aliphatic carbocycles. The van der Waals surface area contributed by atoms with Crippen molar-refractivity contribution in [2.75, 3.05) is 29.4 Å². The van der Waals surface area contributed by atoms with Gasteiger partial charge >= 0.3 is 0 Å². The van der Waals surface area contributed by atoms with E-state index in [0.29, 0.717) is 28.6 Å². The molecule has 0 unspecified atom stereocenters. The summed E-state index contributed by atoms with van der Waals surface area (Å²) in [5, 5.41) is 5.72. The van der Waals surface area contributed by atoms with Crippen LogP contribution >= 0.6 is 23.5 Å². The van der Waals surface area contributed by atoms with Crippen molar-refractivity contribution >= 4 is 35.2 Å². The number of fused-ring (bicyclic) bond motifs is 2. The van der Waals surface area contributed by atoms with Gasteiger partial charge in [0.25, 0.3) is 5.56 Å². The molecule has 5 rings (SSSR count). The molecule has 0 radical (unpaired) electrons. The number of anilines is 1. The Kier molecular flexibility index (Phi) is 4.35. The normalized spacial score (nSPS) is 22.2. The van der Waals surface area contributed by atoms with E-state index in [0.717, 1.165) is 29.9 Å². The van der Waals surface area contributed by atoms with Gasteiger partial charge in [-0.1, -0.05) is 6.07 Å². The molecule has 1 atom stereocenters. The van der Waals surface area contributed by atoms with E-state index >= 15 is 0 Å². The molecule has 1 fully saturated rings. The number of hydrogen-bond donors (Lipinski definition) is 2. The molecule has 142 valence electrons. The number of rotatable bonds is 2. The van der Waals surface area contributed by atoms with Crippen molar-refractivity contribution < 1.29 is 14.3 Å². The molecule has 2 N–H and O–H groups in total. The average molecular weight is 406 g/mol. The predicted octanol–water partition coefficient (Wildman–Crippen LogP) is 2.75. The molecular formula is C18H19N3O4S2. The van der Waals surface area contributed by atoms with Gasteiger partial charge in [0.1, 0.15) is 5.82 Å². The van der Waals surface area contributed by atoms with Crippen LogP contribution in [0.4, 0.5) is 5.82 Å². The molecule has 1 amide bonds. The third-order valence-corrected chi connectivity index (χ3v) is 7.44. The molecule has 2 aromatic rings. The second-order valence-corrected chi connectivity index (χ2v) is 9.09. The number of thioether (sulfide) groups is 2. The van der Waals surface area contributed by atoms with Gasteiger partial charge in [-0.3, -0.25) is 19.4 Å². The Morgan fingerprint density at radius 3 is 2.78 bits per heavy atom. The van der Waals surface area contributed by atoms with E-state index in [1.807, 2.05) is 34.6 Å². The monoisotopic (exact) mass is 405 g/mol. The SMILES string of the molecule is O=C1CS[C@H](c2ccc3c(c2)OCO3)c2c(n(C3CCSCC3)[nH]c2=O)N1. The molecule has 1 aromatic carbocycles. The molecule has 0 saturated carbocycles. The first kappa shape index (κ1) is 17.1. The van der Waals surface area contributed by atoms with E-state index in [-0.39, 0.29) is 29.6 Å². The fourth-order valence-corrected chi connectivity index (χ4v) is 6.00. The Labute approximate surface area is 164 Å². The fraction of sp³-hybridized carbons (Fsp3) is 0.444. The Bertz CT molecular complexity index is 949. The van der Waals surface area contributed by atoms with Crippen molar-refractivity contribution in [3.05, 3.63) is 39.7 Å². The summed E-state index contributed by atoms with van der Waals surface area (Å²) in [6.45, 7) is 0.207. The first-order valence-electron chi connectivity index (χ1n) is 8.94. The Balaban J connectivity index is 1.60. The molecule has 9 heteroatoms. The van der Waals surface area contributed by atoms with Gasteiger partial charge in [-0.2, -0.15) is 11.8 Å². The highest BCUT2D eigenvalue weighted by molar-refractivity contribution is 8.00. The number of aromatic amines is 1. The van der Waals surface area contributed by atoms with Crippen LogP contribution in [0.1, 0.15) is 35.3 Å². The van der Waals surface area contributed by atoms with E-state index in [1.165, 1.54) is 11.8 Å². The molecule has 1 saturated heterocycles. The van der Waals surface area contributed by atoms with Gasteiger partial charge in [-0.25, -0.2) is 0 Å². The van der Waals surface area contributed by atoms with Crippen LogP contribution in [0.2, 0.25) is 0 Å². The zero-order valence-electron chi connectivity index (χ0n) is 14.5. The maximum atomic E-state index is 12.9. The average Bonchev–Trinajstić information content (AvgIpc) is 3.23. The highest BCUT2D eigenvalue weighted by Crippen LogP contribution is 2.44. The topological polar surface area (TPSA) is 85.3 Å². The zero-order valence-corrected chi connectivity index (χ0v) is 16.2. The second-order valence-electron chi connectivity index (χ2n) is 6.77. The first-order valence-corrected chi connectivity index (χ1v) is 11.1. The van der Waals surface area contributed by atoms with Crippen molar-refractivity contribution in [1.82, 2.24) is 9.78 Å². The van der Waals surface area contributed by atoms with Crippen molar-refractivity contribution in [1.29, 1.82) is 0 Å². The number of H-pyrrole nitrogens is 1. The van der Waals surface area contributed by atoms with Crippen molar-refractivity contribution in [3.8, 4) is 11.5 Å². The fourth-order valence-electron chi connectivity index (χ4n) is 3.80. The summed E-state index contributed by atoms with van der Waals surface area (Å²) < 4.78 is 12.8. The third kappa shape index (κ3) is 3.02. The maximum absolute atomic E-state index is 12.9. The number of benzene rings is 1. The summed E-state index contributed by atoms with van der Waals surface area (Å²) >= 11 is 3.39. The standard InChI is InChI=1S/C18H19N3O4S2/c22-14-8-27-16(10-1-2-12-13(7-10)25-9-24-12)15-17(19-14)21(20-18(15)23)11-3-5-26-6-4-11/h1-2,7,11,16H,3-6,8-9H2,(H,19,22)(H,20,23)/t16-/m1/s1.